The predicted molar refractivity (Wildman–Crippen MR) is 131 cm³/mol. The van der Waals surface area contributed by atoms with Gasteiger partial charge in [-0.25, -0.2) is 4.79 Å². The lowest BCUT2D eigenvalue weighted by Crippen LogP contribution is -2.45. The summed E-state index contributed by atoms with van der Waals surface area (Å²) in [5, 5.41) is 17.8. The Labute approximate surface area is 193 Å². The van der Waals surface area contributed by atoms with Crippen LogP contribution in [0.1, 0.15) is 73.4 Å². The van der Waals surface area contributed by atoms with Crippen molar-refractivity contribution >= 4 is 29.0 Å². The Balaban J connectivity index is 2.05. The summed E-state index contributed by atoms with van der Waals surface area (Å²) >= 11 is 5.72. The quantitative estimate of drug-likeness (QED) is 0.422. The third kappa shape index (κ3) is 7.37. The molecule has 0 saturated carbocycles. The van der Waals surface area contributed by atoms with Crippen LogP contribution in [0.2, 0.25) is 0 Å². The molecule has 0 aromatic carbocycles. The monoisotopic (exact) mass is 451 g/mol. The molecule has 1 amide bonds. The Hall–Kier alpha value is -1.83. The number of hydrogen-bond donors (Lipinski definition) is 2. The van der Waals surface area contributed by atoms with Gasteiger partial charge in [0.2, 0.25) is 0 Å². The molecule has 176 valence electrons. The van der Waals surface area contributed by atoms with Gasteiger partial charge in [0.15, 0.2) is 0 Å². The Morgan fingerprint density at radius 3 is 2.45 bits per heavy atom. The predicted octanol–water partition coefficient (Wildman–Crippen LogP) is 4.60. The number of carboxylic acid groups (broad SMARTS) is 1. The summed E-state index contributed by atoms with van der Waals surface area (Å²) in [6.45, 7) is 17.9. The number of hydrogen-bond acceptors (Lipinski definition) is 4. The normalized spacial score (nSPS) is 17.0. The molecule has 8 heteroatoms. The van der Waals surface area contributed by atoms with Gasteiger partial charge in [-0.05, 0) is 51.9 Å². The van der Waals surface area contributed by atoms with Crippen LogP contribution in [0.25, 0.3) is 0 Å². The molecule has 2 rings (SSSR count). The number of rotatable bonds is 9. The van der Waals surface area contributed by atoms with Gasteiger partial charge in [0.25, 0.3) is 0 Å². The van der Waals surface area contributed by atoms with E-state index >= 15 is 0 Å². The number of thiocarbonyl (C=S) groups is 1. The number of nitrogens with zero attached hydrogens (tertiary/aromatic N) is 4. The van der Waals surface area contributed by atoms with Gasteiger partial charge in [-0.15, -0.1) is 0 Å². The number of unbranched alkanes of at least 4 members (excludes halogenated alkanes) is 1. The molecule has 0 radical (unpaired) electrons. The molecule has 1 aromatic rings. The van der Waals surface area contributed by atoms with Crippen LogP contribution in [0, 0.1) is 11.8 Å². The van der Waals surface area contributed by atoms with E-state index in [1.807, 2.05) is 25.5 Å². The van der Waals surface area contributed by atoms with Crippen LogP contribution in [0.3, 0.4) is 0 Å². The average Bonchev–Trinajstić information content (AvgIpc) is 2.97. The molecule has 7 nitrogen and oxygen atoms in total. The van der Waals surface area contributed by atoms with Gasteiger partial charge in [-0.3, -0.25) is 4.68 Å². The largest absolute Gasteiger partial charge is 0.465 e. The van der Waals surface area contributed by atoms with E-state index in [0.29, 0.717) is 18.4 Å². The van der Waals surface area contributed by atoms with E-state index in [-0.39, 0.29) is 11.6 Å². The molecular formula is C23H41N5O2S. The maximum Gasteiger partial charge on any atom is 0.407 e. The zero-order chi connectivity index (χ0) is 23.3. The minimum atomic E-state index is -0.854. The molecule has 1 aromatic heterocycles. The highest BCUT2D eigenvalue weighted by Gasteiger charge is 2.29. The van der Waals surface area contributed by atoms with E-state index in [2.05, 4.69) is 44.1 Å². The van der Waals surface area contributed by atoms with E-state index < -0.39 is 6.09 Å². The summed E-state index contributed by atoms with van der Waals surface area (Å²) < 4.78 is 2.02. The van der Waals surface area contributed by atoms with Gasteiger partial charge in [0, 0.05) is 44.0 Å². The van der Waals surface area contributed by atoms with Gasteiger partial charge in [0.1, 0.15) is 10.7 Å². The number of carbonyl (C=O) groups is 1. The van der Waals surface area contributed by atoms with Crippen LogP contribution in [0.4, 0.5) is 10.5 Å². The molecule has 2 heterocycles. The van der Waals surface area contributed by atoms with Crippen LogP contribution >= 0.6 is 12.2 Å². The number of aromatic nitrogens is 2. The molecule has 0 aliphatic carbocycles. The molecule has 0 spiro atoms. The lowest BCUT2D eigenvalue weighted by molar-refractivity contribution is 0.0989. The summed E-state index contributed by atoms with van der Waals surface area (Å²) in [6, 6.07) is 0.229. The summed E-state index contributed by atoms with van der Waals surface area (Å²) in [5.74, 6) is 1.05. The summed E-state index contributed by atoms with van der Waals surface area (Å²) in [6.07, 6.45) is 4.02. The van der Waals surface area contributed by atoms with Crippen LogP contribution in [0.5, 0.6) is 0 Å². The molecular weight excluding hydrogens is 410 g/mol. The van der Waals surface area contributed by atoms with Crippen molar-refractivity contribution in [1.29, 1.82) is 0 Å². The molecule has 1 aliphatic heterocycles. The van der Waals surface area contributed by atoms with Crippen molar-refractivity contribution in [3.8, 4) is 0 Å². The van der Waals surface area contributed by atoms with Crippen molar-refractivity contribution in [3.63, 3.8) is 0 Å². The van der Waals surface area contributed by atoms with Gasteiger partial charge in [-0.2, -0.15) is 5.10 Å². The fourth-order valence-electron chi connectivity index (χ4n) is 4.09. The number of amides is 1. The Morgan fingerprint density at radius 1 is 1.26 bits per heavy atom. The standard InChI is InChI=1S/C23H41N5O2S/c1-16(2)12-26-14-18(10-8-9-11-28(22(29)30)23(5,6)7)24-21(31)20-19(26)15-27(25-20)13-17(3)4/h15-18H,8-14H2,1-7H3,(H,24,31)(H,29,30)/t18-/m0/s1. The second-order valence-corrected chi connectivity index (χ2v) is 11.0. The van der Waals surface area contributed by atoms with Crippen LogP contribution in [-0.2, 0) is 6.54 Å². The lowest BCUT2D eigenvalue weighted by Gasteiger charge is -2.33. The zero-order valence-electron chi connectivity index (χ0n) is 20.3. The van der Waals surface area contributed by atoms with Crippen molar-refractivity contribution in [2.45, 2.75) is 85.9 Å². The van der Waals surface area contributed by atoms with Crippen molar-refractivity contribution in [1.82, 2.24) is 20.0 Å². The molecule has 2 N–H and O–H groups in total. The summed E-state index contributed by atoms with van der Waals surface area (Å²) in [4.78, 5) is 16.2. The maximum absolute atomic E-state index is 11.5. The topological polar surface area (TPSA) is 73.6 Å². The first-order valence-electron chi connectivity index (χ1n) is 11.5. The molecule has 0 saturated heterocycles. The van der Waals surface area contributed by atoms with E-state index in [1.165, 1.54) is 4.90 Å². The van der Waals surface area contributed by atoms with Crippen molar-refractivity contribution in [2.75, 3.05) is 24.5 Å². The number of fused-ring (bicyclic) bond motifs is 1. The fraction of sp³-hybridized carbons (Fsp3) is 0.783. The van der Waals surface area contributed by atoms with Gasteiger partial charge >= 0.3 is 6.09 Å². The van der Waals surface area contributed by atoms with Crippen LogP contribution in [-0.4, -0.2) is 62.1 Å². The SMILES string of the molecule is CC(C)CN1C[C@H](CCCCN(C(=O)O)C(C)(C)C)NC(=S)c2nn(CC(C)C)cc21. The molecule has 0 unspecified atom stereocenters. The van der Waals surface area contributed by atoms with E-state index in [1.54, 1.807) is 0 Å². The van der Waals surface area contributed by atoms with Crippen molar-refractivity contribution in [2.24, 2.45) is 11.8 Å². The summed E-state index contributed by atoms with van der Waals surface area (Å²) in [7, 11) is 0. The van der Waals surface area contributed by atoms with E-state index in [9.17, 15) is 9.90 Å². The highest BCUT2D eigenvalue weighted by molar-refractivity contribution is 7.80. The average molecular weight is 452 g/mol. The fourth-order valence-corrected chi connectivity index (χ4v) is 4.40. The number of nitrogens with one attached hydrogen (secondary N) is 1. The smallest absolute Gasteiger partial charge is 0.407 e. The van der Waals surface area contributed by atoms with Crippen molar-refractivity contribution in [3.05, 3.63) is 11.9 Å². The lowest BCUT2D eigenvalue weighted by atomic mass is 10.0. The zero-order valence-corrected chi connectivity index (χ0v) is 21.1. The molecule has 0 fully saturated rings. The Morgan fingerprint density at radius 2 is 1.90 bits per heavy atom. The first-order valence-corrected chi connectivity index (χ1v) is 11.9. The number of anilines is 1. The Kier molecular flexibility index (Phi) is 8.74. The Bertz CT molecular complexity index is 754. The highest BCUT2D eigenvalue weighted by atomic mass is 32.1. The van der Waals surface area contributed by atoms with Crippen LogP contribution in [0.15, 0.2) is 6.20 Å². The third-order valence-electron chi connectivity index (χ3n) is 5.44. The molecule has 0 bridgehead atoms. The third-order valence-corrected chi connectivity index (χ3v) is 5.75. The maximum atomic E-state index is 11.5. The molecule has 1 aliphatic rings. The van der Waals surface area contributed by atoms with Gasteiger partial charge in [0.05, 0.1) is 5.69 Å². The van der Waals surface area contributed by atoms with Crippen molar-refractivity contribution < 1.29 is 9.90 Å². The minimum Gasteiger partial charge on any atom is -0.465 e. The van der Waals surface area contributed by atoms with Gasteiger partial charge in [-0.1, -0.05) is 39.9 Å². The van der Waals surface area contributed by atoms with E-state index in [4.69, 9.17) is 17.3 Å². The minimum absolute atomic E-state index is 0.229. The van der Waals surface area contributed by atoms with E-state index in [0.717, 1.165) is 55.3 Å². The molecule has 1 atom stereocenters. The first kappa shape index (κ1) is 25.4. The van der Waals surface area contributed by atoms with Gasteiger partial charge < -0.3 is 20.2 Å². The summed E-state index contributed by atoms with van der Waals surface area (Å²) in [5.41, 5.74) is 1.62. The molecule has 31 heavy (non-hydrogen) atoms. The highest BCUT2D eigenvalue weighted by Crippen LogP contribution is 2.26. The second-order valence-electron chi connectivity index (χ2n) is 10.5. The first-order chi connectivity index (χ1) is 14.4. The van der Waals surface area contributed by atoms with Crippen LogP contribution < -0.4 is 10.2 Å². The second kappa shape index (κ2) is 10.7.